The Labute approximate surface area is 103 Å². The van der Waals surface area contributed by atoms with Crippen LogP contribution in [-0.2, 0) is 0 Å². The minimum atomic E-state index is -5.32. The average molecular weight is 279 g/mol. The zero-order valence-corrected chi connectivity index (χ0v) is 10.8. The first-order chi connectivity index (χ1) is 7.55. The Morgan fingerprint density at radius 1 is 0.833 bits per heavy atom. The van der Waals surface area contributed by atoms with Crippen LogP contribution in [0.4, 0.5) is 26.3 Å². The average Bonchev–Trinajstić information content (AvgIpc) is 1.90. The summed E-state index contributed by atoms with van der Waals surface area (Å²) >= 11 is 0. The van der Waals surface area contributed by atoms with Crippen molar-refractivity contribution in [2.45, 2.75) is 58.4 Å². The van der Waals surface area contributed by atoms with Crippen LogP contribution in [0, 0.1) is 11.3 Å². The van der Waals surface area contributed by atoms with E-state index < -0.39 is 35.6 Å². The molecule has 0 aliphatic carbocycles. The quantitative estimate of drug-likeness (QED) is 0.767. The largest absolute Gasteiger partial charge is 0.400 e. The van der Waals surface area contributed by atoms with E-state index in [1.165, 1.54) is 6.92 Å². The van der Waals surface area contributed by atoms with Gasteiger partial charge in [0.1, 0.15) is 0 Å². The molecule has 0 radical (unpaired) electrons. The van der Waals surface area contributed by atoms with Gasteiger partial charge < -0.3 is 5.73 Å². The highest BCUT2D eigenvalue weighted by Crippen LogP contribution is 2.44. The molecule has 18 heavy (non-hydrogen) atoms. The molecule has 0 spiro atoms. The molecule has 7 heteroatoms. The molecular formula is C11H19F6N. The Bertz CT molecular complexity index is 257. The Kier molecular flexibility index (Phi) is 4.78. The fraction of sp³-hybridized carbons (Fsp3) is 1.00. The van der Waals surface area contributed by atoms with E-state index in [1.54, 1.807) is 20.8 Å². The van der Waals surface area contributed by atoms with E-state index in [9.17, 15) is 26.3 Å². The van der Waals surface area contributed by atoms with E-state index in [4.69, 9.17) is 5.73 Å². The molecule has 1 nitrogen and oxygen atoms in total. The maximum atomic E-state index is 12.4. The third kappa shape index (κ3) is 6.47. The van der Waals surface area contributed by atoms with Crippen molar-refractivity contribution in [1.29, 1.82) is 0 Å². The molecule has 110 valence electrons. The van der Waals surface area contributed by atoms with Crippen LogP contribution in [0.2, 0.25) is 0 Å². The highest BCUT2D eigenvalue weighted by Gasteiger charge is 2.58. The van der Waals surface area contributed by atoms with Crippen LogP contribution in [0.15, 0.2) is 0 Å². The molecule has 0 saturated heterocycles. The topological polar surface area (TPSA) is 26.0 Å². The SMILES string of the molecule is CC(C)(C)CC(C)(N)CC(C(F)(F)F)C(F)(F)F. The second-order valence-corrected chi connectivity index (χ2v) is 6.23. The van der Waals surface area contributed by atoms with E-state index >= 15 is 0 Å². The second kappa shape index (κ2) is 4.90. The molecule has 0 aromatic carbocycles. The Morgan fingerprint density at radius 3 is 1.39 bits per heavy atom. The Balaban J connectivity index is 5.01. The van der Waals surface area contributed by atoms with Crippen LogP contribution in [0.25, 0.3) is 0 Å². The van der Waals surface area contributed by atoms with E-state index in [0.29, 0.717) is 0 Å². The standard InChI is InChI=1S/C11H19F6N/c1-8(2,3)6-9(4,18)5-7(10(12,13)14)11(15,16)17/h7H,5-6,18H2,1-4H3. The van der Waals surface area contributed by atoms with Gasteiger partial charge in [-0.2, -0.15) is 26.3 Å². The molecule has 0 aromatic heterocycles. The summed E-state index contributed by atoms with van der Waals surface area (Å²) in [6.45, 7) is 6.37. The van der Waals surface area contributed by atoms with Gasteiger partial charge in [0.25, 0.3) is 0 Å². The molecule has 0 amide bonds. The lowest BCUT2D eigenvalue weighted by Gasteiger charge is -2.36. The molecule has 2 N–H and O–H groups in total. The third-order valence-corrected chi connectivity index (χ3v) is 2.39. The van der Waals surface area contributed by atoms with E-state index in [-0.39, 0.29) is 6.42 Å². The number of nitrogens with two attached hydrogens (primary N) is 1. The fourth-order valence-electron chi connectivity index (χ4n) is 2.17. The number of hydrogen-bond donors (Lipinski definition) is 1. The van der Waals surface area contributed by atoms with Gasteiger partial charge in [0.2, 0.25) is 0 Å². The monoisotopic (exact) mass is 279 g/mol. The number of rotatable bonds is 3. The van der Waals surface area contributed by atoms with Gasteiger partial charge in [-0.25, -0.2) is 0 Å². The van der Waals surface area contributed by atoms with Crippen LogP contribution in [0.3, 0.4) is 0 Å². The lowest BCUT2D eigenvalue weighted by Crippen LogP contribution is -2.48. The summed E-state index contributed by atoms with van der Waals surface area (Å²) in [5, 5.41) is 0. The lowest BCUT2D eigenvalue weighted by atomic mass is 9.76. The van der Waals surface area contributed by atoms with Gasteiger partial charge in [0, 0.05) is 5.54 Å². The summed E-state index contributed by atoms with van der Waals surface area (Å²) < 4.78 is 74.4. The van der Waals surface area contributed by atoms with Crippen LogP contribution >= 0.6 is 0 Å². The number of halogens is 6. The third-order valence-electron chi connectivity index (χ3n) is 2.39. The summed E-state index contributed by atoms with van der Waals surface area (Å²) in [5.41, 5.74) is 3.64. The predicted molar refractivity (Wildman–Crippen MR) is 56.9 cm³/mol. The van der Waals surface area contributed by atoms with Gasteiger partial charge in [0.05, 0.1) is 0 Å². The molecule has 1 atom stereocenters. The van der Waals surface area contributed by atoms with Gasteiger partial charge >= 0.3 is 12.4 Å². The number of alkyl halides is 6. The molecule has 0 bridgehead atoms. The van der Waals surface area contributed by atoms with E-state index in [2.05, 4.69) is 0 Å². The van der Waals surface area contributed by atoms with Crippen molar-refractivity contribution < 1.29 is 26.3 Å². The minimum Gasteiger partial charge on any atom is -0.325 e. The summed E-state index contributed by atoms with van der Waals surface area (Å²) in [6, 6.07) is 0. The van der Waals surface area contributed by atoms with Crippen molar-refractivity contribution in [3.8, 4) is 0 Å². The first-order valence-corrected chi connectivity index (χ1v) is 5.47. The van der Waals surface area contributed by atoms with Crippen molar-refractivity contribution >= 4 is 0 Å². The summed E-state index contributed by atoms with van der Waals surface area (Å²) in [5.74, 6) is -3.37. The van der Waals surface area contributed by atoms with Gasteiger partial charge in [0.15, 0.2) is 5.92 Å². The highest BCUT2D eigenvalue weighted by atomic mass is 19.4. The molecule has 0 fully saturated rings. The molecule has 0 saturated carbocycles. The molecule has 0 rings (SSSR count). The Morgan fingerprint density at radius 2 is 1.17 bits per heavy atom. The molecule has 0 heterocycles. The normalized spacial score (nSPS) is 18.0. The second-order valence-electron chi connectivity index (χ2n) is 6.23. The van der Waals surface area contributed by atoms with Gasteiger partial charge in [-0.15, -0.1) is 0 Å². The maximum Gasteiger partial charge on any atom is 0.400 e. The molecule has 0 aliphatic rings. The first-order valence-electron chi connectivity index (χ1n) is 5.47. The van der Waals surface area contributed by atoms with Crippen LogP contribution in [0.5, 0.6) is 0 Å². The summed E-state index contributed by atoms with van der Waals surface area (Å²) in [7, 11) is 0. The van der Waals surface area contributed by atoms with Crippen LogP contribution in [0.1, 0.15) is 40.5 Å². The van der Waals surface area contributed by atoms with E-state index in [1.807, 2.05) is 0 Å². The lowest BCUT2D eigenvalue weighted by molar-refractivity contribution is -0.289. The fourth-order valence-corrected chi connectivity index (χ4v) is 2.17. The van der Waals surface area contributed by atoms with Crippen molar-refractivity contribution in [1.82, 2.24) is 0 Å². The number of hydrogen-bond acceptors (Lipinski definition) is 1. The molecule has 1 unspecified atom stereocenters. The highest BCUT2D eigenvalue weighted by molar-refractivity contribution is 4.90. The Hall–Kier alpha value is -0.460. The van der Waals surface area contributed by atoms with Gasteiger partial charge in [-0.1, -0.05) is 20.8 Å². The van der Waals surface area contributed by atoms with Gasteiger partial charge in [-0.05, 0) is 25.2 Å². The molecule has 0 aromatic rings. The van der Waals surface area contributed by atoms with Crippen LogP contribution < -0.4 is 5.73 Å². The summed E-state index contributed by atoms with van der Waals surface area (Å²) in [6.07, 6.45) is -11.7. The molecular weight excluding hydrogens is 260 g/mol. The van der Waals surface area contributed by atoms with Crippen molar-refractivity contribution in [3.63, 3.8) is 0 Å². The predicted octanol–water partition coefficient (Wildman–Crippen LogP) is 4.27. The summed E-state index contributed by atoms with van der Waals surface area (Å²) in [4.78, 5) is 0. The molecule has 0 aliphatic heterocycles. The van der Waals surface area contributed by atoms with Crippen molar-refractivity contribution in [2.24, 2.45) is 17.1 Å². The minimum absolute atomic E-state index is 0.0721. The van der Waals surface area contributed by atoms with E-state index in [0.717, 1.165) is 0 Å². The first kappa shape index (κ1) is 17.5. The van der Waals surface area contributed by atoms with Crippen molar-refractivity contribution in [2.75, 3.05) is 0 Å². The smallest absolute Gasteiger partial charge is 0.325 e. The van der Waals surface area contributed by atoms with Crippen LogP contribution in [-0.4, -0.2) is 17.9 Å². The zero-order chi connectivity index (χ0) is 15.0. The van der Waals surface area contributed by atoms with Gasteiger partial charge in [-0.3, -0.25) is 0 Å². The maximum absolute atomic E-state index is 12.4. The van der Waals surface area contributed by atoms with Crippen molar-refractivity contribution in [3.05, 3.63) is 0 Å². The zero-order valence-electron chi connectivity index (χ0n) is 10.8.